The molecule has 0 aliphatic rings. The highest BCUT2D eigenvalue weighted by molar-refractivity contribution is 5.79. The maximum atomic E-state index is 12.3. The number of nitrogens with one attached hydrogen (secondary N) is 1. The summed E-state index contributed by atoms with van der Waals surface area (Å²) in [7, 11) is 1.59. The molecule has 1 aromatic heterocycles. The zero-order valence-electron chi connectivity index (χ0n) is 19.4. The highest BCUT2D eigenvalue weighted by Crippen LogP contribution is 2.28. The van der Waals surface area contributed by atoms with Gasteiger partial charge in [-0.3, -0.25) is 14.6 Å². The summed E-state index contributed by atoms with van der Waals surface area (Å²) in [6.45, 7) is 6.51. The number of hydrogen-bond acceptors (Lipinski definition) is 5. The van der Waals surface area contributed by atoms with Crippen molar-refractivity contribution < 1.29 is 19.1 Å². The van der Waals surface area contributed by atoms with Gasteiger partial charge in [0.25, 0.3) is 0 Å². The first kappa shape index (κ1) is 25.2. The van der Waals surface area contributed by atoms with E-state index in [4.69, 9.17) is 9.47 Å². The maximum absolute atomic E-state index is 12.3. The summed E-state index contributed by atoms with van der Waals surface area (Å²) < 4.78 is 11.3. The summed E-state index contributed by atoms with van der Waals surface area (Å²) in [5.74, 6) is 1.32. The molecule has 0 radical (unpaired) electrons. The number of methoxy groups -OCH3 is 1. The van der Waals surface area contributed by atoms with Crippen molar-refractivity contribution in [1.82, 2.24) is 15.2 Å². The lowest BCUT2D eigenvalue weighted by molar-refractivity contribution is -0.131. The number of amides is 2. The highest BCUT2D eigenvalue weighted by atomic mass is 16.5. The smallest absolute Gasteiger partial charge is 0.222 e. The zero-order chi connectivity index (χ0) is 23.2. The van der Waals surface area contributed by atoms with Gasteiger partial charge < -0.3 is 19.7 Å². The number of carbonyl (C=O) groups excluding carboxylic acids is 2. The molecule has 2 aromatic rings. The molecule has 0 aliphatic heterocycles. The van der Waals surface area contributed by atoms with Crippen LogP contribution >= 0.6 is 0 Å². The van der Waals surface area contributed by atoms with Crippen molar-refractivity contribution in [3.8, 4) is 11.5 Å². The lowest BCUT2D eigenvalue weighted by Crippen LogP contribution is -2.32. The predicted molar refractivity (Wildman–Crippen MR) is 124 cm³/mol. The second-order valence-electron chi connectivity index (χ2n) is 7.64. The van der Waals surface area contributed by atoms with Crippen molar-refractivity contribution in [1.29, 1.82) is 0 Å². The molecule has 2 amide bonds. The van der Waals surface area contributed by atoms with Gasteiger partial charge in [-0.1, -0.05) is 19.9 Å². The number of benzene rings is 1. The van der Waals surface area contributed by atoms with E-state index in [0.29, 0.717) is 43.9 Å². The van der Waals surface area contributed by atoms with E-state index < -0.39 is 0 Å². The summed E-state index contributed by atoms with van der Waals surface area (Å²) in [5.41, 5.74) is 1.93. The van der Waals surface area contributed by atoms with E-state index in [9.17, 15) is 9.59 Å². The first-order chi connectivity index (χ1) is 15.6. The number of ether oxygens (including phenoxy) is 2. The minimum absolute atomic E-state index is 0.0627. The Balaban J connectivity index is 1.77. The van der Waals surface area contributed by atoms with Gasteiger partial charge in [-0.2, -0.15) is 0 Å². The molecule has 0 atom stereocenters. The molecule has 0 saturated carbocycles. The van der Waals surface area contributed by atoms with Crippen LogP contribution in [0.25, 0.3) is 0 Å². The van der Waals surface area contributed by atoms with E-state index in [2.05, 4.69) is 24.1 Å². The quantitative estimate of drug-likeness (QED) is 0.477. The van der Waals surface area contributed by atoms with Crippen LogP contribution in [0.4, 0.5) is 0 Å². The third-order valence-electron chi connectivity index (χ3n) is 5.00. The van der Waals surface area contributed by atoms with Gasteiger partial charge in [0, 0.05) is 44.9 Å². The average molecular weight is 442 g/mol. The number of nitrogens with zero attached hydrogens (tertiary/aromatic N) is 2. The third-order valence-corrected chi connectivity index (χ3v) is 5.00. The predicted octanol–water partition coefficient (Wildman–Crippen LogP) is 4.10. The fraction of sp³-hybridized carbons (Fsp3) is 0.480. The molecule has 0 fully saturated rings. The molecular formula is C25H35N3O4. The van der Waals surface area contributed by atoms with E-state index in [1.807, 2.05) is 35.2 Å². The Morgan fingerprint density at radius 3 is 2.34 bits per heavy atom. The molecule has 0 bridgehead atoms. The Morgan fingerprint density at radius 2 is 1.69 bits per heavy atom. The fourth-order valence-corrected chi connectivity index (χ4v) is 3.33. The maximum Gasteiger partial charge on any atom is 0.222 e. The van der Waals surface area contributed by atoms with Crippen LogP contribution in [0.15, 0.2) is 42.7 Å². The van der Waals surface area contributed by atoms with Crippen molar-refractivity contribution in [2.75, 3.05) is 20.2 Å². The SMILES string of the molecule is CCCN(CCC)C(=O)CCCC(=O)NCc1ccc(OCc2ccncc2)c(OC)c1. The Morgan fingerprint density at radius 1 is 0.969 bits per heavy atom. The first-order valence-electron chi connectivity index (χ1n) is 11.3. The van der Waals surface area contributed by atoms with Crippen molar-refractivity contribution in [3.63, 3.8) is 0 Å². The summed E-state index contributed by atoms with van der Waals surface area (Å²) >= 11 is 0. The van der Waals surface area contributed by atoms with Gasteiger partial charge in [-0.15, -0.1) is 0 Å². The van der Waals surface area contributed by atoms with Crippen LogP contribution in [-0.2, 0) is 22.7 Å². The highest BCUT2D eigenvalue weighted by Gasteiger charge is 2.12. The monoisotopic (exact) mass is 441 g/mol. The number of rotatable bonds is 14. The van der Waals surface area contributed by atoms with Crippen LogP contribution in [-0.4, -0.2) is 41.9 Å². The van der Waals surface area contributed by atoms with E-state index in [-0.39, 0.29) is 11.8 Å². The van der Waals surface area contributed by atoms with Crippen LogP contribution < -0.4 is 14.8 Å². The molecule has 1 aromatic carbocycles. The van der Waals surface area contributed by atoms with Crippen LogP contribution in [0.1, 0.15) is 57.1 Å². The minimum Gasteiger partial charge on any atom is -0.493 e. The van der Waals surface area contributed by atoms with Gasteiger partial charge in [0.2, 0.25) is 11.8 Å². The molecular weight excluding hydrogens is 406 g/mol. The molecule has 0 saturated heterocycles. The topological polar surface area (TPSA) is 80.8 Å². The van der Waals surface area contributed by atoms with E-state index in [1.54, 1.807) is 19.5 Å². The number of hydrogen-bond donors (Lipinski definition) is 1. The Bertz CT molecular complexity index is 836. The summed E-state index contributed by atoms with van der Waals surface area (Å²) in [5, 5.41) is 2.91. The van der Waals surface area contributed by atoms with E-state index >= 15 is 0 Å². The zero-order valence-corrected chi connectivity index (χ0v) is 19.4. The van der Waals surface area contributed by atoms with Crippen molar-refractivity contribution in [2.45, 2.75) is 59.1 Å². The number of carbonyl (C=O) groups is 2. The molecule has 0 aliphatic carbocycles. The molecule has 32 heavy (non-hydrogen) atoms. The molecule has 7 nitrogen and oxygen atoms in total. The van der Waals surface area contributed by atoms with Crippen LogP contribution in [0.5, 0.6) is 11.5 Å². The summed E-state index contributed by atoms with van der Waals surface area (Å²) in [4.78, 5) is 30.4. The van der Waals surface area contributed by atoms with E-state index in [0.717, 1.165) is 37.1 Å². The fourth-order valence-electron chi connectivity index (χ4n) is 3.33. The van der Waals surface area contributed by atoms with Crippen LogP contribution in [0, 0.1) is 0 Å². The largest absolute Gasteiger partial charge is 0.493 e. The van der Waals surface area contributed by atoms with Crippen LogP contribution in [0.2, 0.25) is 0 Å². The third kappa shape index (κ3) is 8.57. The van der Waals surface area contributed by atoms with Gasteiger partial charge in [0.05, 0.1) is 7.11 Å². The van der Waals surface area contributed by atoms with Crippen molar-refractivity contribution in [3.05, 3.63) is 53.9 Å². The molecule has 0 spiro atoms. The minimum atomic E-state index is -0.0627. The van der Waals surface area contributed by atoms with Crippen molar-refractivity contribution in [2.24, 2.45) is 0 Å². The lowest BCUT2D eigenvalue weighted by atomic mass is 10.1. The number of pyridine rings is 1. The normalized spacial score (nSPS) is 10.5. The first-order valence-corrected chi connectivity index (χ1v) is 11.3. The second-order valence-corrected chi connectivity index (χ2v) is 7.64. The molecule has 1 heterocycles. The number of aromatic nitrogens is 1. The Kier molecular flexibility index (Phi) is 11.1. The van der Waals surface area contributed by atoms with Gasteiger partial charge >= 0.3 is 0 Å². The summed E-state index contributed by atoms with van der Waals surface area (Å²) in [6.07, 6.45) is 6.65. The summed E-state index contributed by atoms with van der Waals surface area (Å²) in [6, 6.07) is 9.40. The van der Waals surface area contributed by atoms with Crippen LogP contribution in [0.3, 0.4) is 0 Å². The Labute approximate surface area is 191 Å². The molecule has 0 unspecified atom stereocenters. The molecule has 2 rings (SSSR count). The van der Waals surface area contributed by atoms with Gasteiger partial charge in [-0.05, 0) is 54.7 Å². The average Bonchev–Trinajstić information content (AvgIpc) is 2.82. The second kappa shape index (κ2) is 14.1. The lowest BCUT2D eigenvalue weighted by Gasteiger charge is -2.21. The molecule has 1 N–H and O–H groups in total. The van der Waals surface area contributed by atoms with Gasteiger partial charge in [0.15, 0.2) is 11.5 Å². The van der Waals surface area contributed by atoms with Gasteiger partial charge in [0.1, 0.15) is 6.61 Å². The van der Waals surface area contributed by atoms with E-state index in [1.165, 1.54) is 0 Å². The van der Waals surface area contributed by atoms with Gasteiger partial charge in [-0.25, -0.2) is 0 Å². The van der Waals surface area contributed by atoms with Crippen molar-refractivity contribution >= 4 is 11.8 Å². The molecule has 174 valence electrons. The molecule has 7 heteroatoms. The Hall–Kier alpha value is -3.09. The standard InChI is InChI=1S/C25H35N3O4/c1-4-15-28(16-5-2)25(30)8-6-7-24(29)27-18-21-9-10-22(23(17-21)31-3)32-19-20-11-13-26-14-12-20/h9-14,17H,4-8,15-16,18-19H2,1-3H3,(H,27,29).